The Morgan fingerprint density at radius 1 is 1.11 bits per heavy atom. The number of benzene rings is 3. The first kappa shape index (κ1) is 25.4. The number of rotatable bonds is 7. The van der Waals surface area contributed by atoms with Gasteiger partial charge in [-0.1, -0.05) is 87.3 Å². The summed E-state index contributed by atoms with van der Waals surface area (Å²) in [5.74, 6) is 1.12. The summed E-state index contributed by atoms with van der Waals surface area (Å²) in [6.45, 7) is 6.30. The first-order valence-electron chi connectivity index (χ1n) is 12.7. The quantitative estimate of drug-likeness (QED) is 0.291. The summed E-state index contributed by atoms with van der Waals surface area (Å²) < 4.78 is 6.51. The molecule has 0 bridgehead atoms. The molecule has 1 aliphatic heterocycles. The highest BCUT2D eigenvalue weighted by Crippen LogP contribution is 2.28. The van der Waals surface area contributed by atoms with Crippen molar-refractivity contribution in [3.05, 3.63) is 105 Å². The number of piperidine rings is 1. The lowest BCUT2D eigenvalue weighted by atomic mass is 9.92. The maximum Gasteiger partial charge on any atom is 0.241 e. The van der Waals surface area contributed by atoms with E-state index in [4.69, 9.17) is 4.52 Å². The SMILES string of the molecule is Cc1ccc(C(NC(=O)C2CCCN(Cc3nc(-c4cccc(Br)c4)no3)C2)c2ccccc2)c(C)c1. The third-order valence-corrected chi connectivity index (χ3v) is 7.44. The lowest BCUT2D eigenvalue weighted by molar-refractivity contribution is -0.127. The molecule has 1 N–H and O–H groups in total. The van der Waals surface area contributed by atoms with Crippen molar-refractivity contribution in [1.29, 1.82) is 0 Å². The van der Waals surface area contributed by atoms with Gasteiger partial charge in [-0.3, -0.25) is 9.69 Å². The molecule has 2 unspecified atom stereocenters. The summed E-state index contributed by atoms with van der Waals surface area (Å²) in [5, 5.41) is 7.53. The van der Waals surface area contributed by atoms with Crippen LogP contribution in [0.5, 0.6) is 0 Å². The Hall–Kier alpha value is -3.29. The van der Waals surface area contributed by atoms with Crippen LogP contribution in [0.15, 0.2) is 81.8 Å². The molecule has 1 aliphatic rings. The molecule has 5 rings (SSSR count). The molecule has 3 aromatic carbocycles. The minimum Gasteiger partial charge on any atom is -0.345 e. The normalized spacial score (nSPS) is 16.9. The molecule has 0 spiro atoms. The number of hydrogen-bond acceptors (Lipinski definition) is 5. The Bertz CT molecular complexity index is 1370. The summed E-state index contributed by atoms with van der Waals surface area (Å²) >= 11 is 3.49. The summed E-state index contributed by atoms with van der Waals surface area (Å²) in [7, 11) is 0. The van der Waals surface area contributed by atoms with Crippen molar-refractivity contribution < 1.29 is 9.32 Å². The van der Waals surface area contributed by atoms with E-state index in [1.165, 1.54) is 11.1 Å². The monoisotopic (exact) mass is 558 g/mol. The number of hydrogen-bond donors (Lipinski definition) is 1. The maximum atomic E-state index is 13.6. The molecule has 7 heteroatoms. The van der Waals surface area contributed by atoms with E-state index < -0.39 is 0 Å². The van der Waals surface area contributed by atoms with Crippen LogP contribution >= 0.6 is 15.9 Å². The van der Waals surface area contributed by atoms with Crippen molar-refractivity contribution in [1.82, 2.24) is 20.4 Å². The molecule has 1 saturated heterocycles. The third-order valence-electron chi connectivity index (χ3n) is 6.94. The van der Waals surface area contributed by atoms with Crippen LogP contribution in [0.25, 0.3) is 11.4 Å². The molecule has 4 aromatic rings. The number of aryl methyl sites for hydroxylation is 2. The highest BCUT2D eigenvalue weighted by molar-refractivity contribution is 9.10. The van der Waals surface area contributed by atoms with Gasteiger partial charge in [0.25, 0.3) is 0 Å². The Morgan fingerprint density at radius 2 is 1.95 bits per heavy atom. The third kappa shape index (κ3) is 6.17. The Kier molecular flexibility index (Phi) is 7.82. The van der Waals surface area contributed by atoms with Crippen molar-refractivity contribution in [2.45, 2.75) is 39.3 Å². The molecule has 0 radical (unpaired) electrons. The number of aromatic nitrogens is 2. The second-order valence-corrected chi connectivity index (χ2v) is 10.7. The zero-order valence-electron chi connectivity index (χ0n) is 21.2. The van der Waals surface area contributed by atoms with Gasteiger partial charge in [-0.25, -0.2) is 0 Å². The van der Waals surface area contributed by atoms with Crippen LogP contribution in [0.4, 0.5) is 0 Å². The Balaban J connectivity index is 1.28. The highest BCUT2D eigenvalue weighted by Gasteiger charge is 2.29. The van der Waals surface area contributed by atoms with Crippen molar-refractivity contribution >= 4 is 21.8 Å². The van der Waals surface area contributed by atoms with Crippen LogP contribution in [0, 0.1) is 19.8 Å². The lowest BCUT2D eigenvalue weighted by Crippen LogP contribution is -2.44. The minimum atomic E-state index is -0.187. The number of amides is 1. The van der Waals surface area contributed by atoms with Crippen molar-refractivity contribution in [2.24, 2.45) is 5.92 Å². The summed E-state index contributed by atoms with van der Waals surface area (Å²) in [5.41, 5.74) is 5.51. The van der Waals surface area contributed by atoms with E-state index >= 15 is 0 Å². The van der Waals surface area contributed by atoms with E-state index in [1.54, 1.807) is 0 Å². The lowest BCUT2D eigenvalue weighted by Gasteiger charge is -2.32. The molecule has 2 atom stereocenters. The molecule has 6 nitrogen and oxygen atoms in total. The fourth-order valence-corrected chi connectivity index (χ4v) is 5.46. The van der Waals surface area contributed by atoms with Crippen molar-refractivity contribution in [3.8, 4) is 11.4 Å². The van der Waals surface area contributed by atoms with E-state index in [2.05, 4.69) is 80.5 Å². The van der Waals surface area contributed by atoms with Crippen LogP contribution in [-0.2, 0) is 11.3 Å². The van der Waals surface area contributed by atoms with Gasteiger partial charge in [0.15, 0.2) is 0 Å². The van der Waals surface area contributed by atoms with Gasteiger partial charge in [-0.05, 0) is 62.1 Å². The van der Waals surface area contributed by atoms with Gasteiger partial charge in [-0.15, -0.1) is 0 Å². The van der Waals surface area contributed by atoms with Crippen LogP contribution in [-0.4, -0.2) is 34.0 Å². The standard InChI is InChI=1S/C30H31BrN4O2/c1-20-13-14-26(21(2)16-20)28(22-8-4-3-5-9-22)33-30(36)24-11-7-15-35(18-24)19-27-32-29(34-37-27)23-10-6-12-25(31)17-23/h3-6,8-10,12-14,16-17,24,28H,7,11,15,18-19H2,1-2H3,(H,33,36). The predicted molar refractivity (Wildman–Crippen MR) is 148 cm³/mol. The van der Waals surface area contributed by atoms with E-state index in [-0.39, 0.29) is 17.9 Å². The summed E-state index contributed by atoms with van der Waals surface area (Å²) in [6, 6.07) is 24.3. The van der Waals surface area contributed by atoms with Gasteiger partial charge in [0.2, 0.25) is 17.6 Å². The van der Waals surface area contributed by atoms with Crippen LogP contribution < -0.4 is 5.32 Å². The predicted octanol–water partition coefficient (Wildman–Crippen LogP) is 6.23. The average molecular weight is 560 g/mol. The number of nitrogens with one attached hydrogen (secondary N) is 1. The number of halogens is 1. The van der Waals surface area contributed by atoms with Gasteiger partial charge in [-0.2, -0.15) is 4.98 Å². The maximum absolute atomic E-state index is 13.6. The zero-order chi connectivity index (χ0) is 25.8. The van der Waals surface area contributed by atoms with Gasteiger partial charge < -0.3 is 9.84 Å². The second kappa shape index (κ2) is 11.4. The highest BCUT2D eigenvalue weighted by atomic mass is 79.9. The van der Waals surface area contributed by atoms with E-state index in [0.29, 0.717) is 24.8 Å². The molecule has 0 aliphatic carbocycles. The molecule has 2 heterocycles. The first-order chi connectivity index (χ1) is 18.0. The summed E-state index contributed by atoms with van der Waals surface area (Å²) in [6.07, 6.45) is 1.81. The first-order valence-corrected chi connectivity index (χ1v) is 13.5. The Morgan fingerprint density at radius 3 is 2.73 bits per heavy atom. The molecule has 1 fully saturated rings. The largest absolute Gasteiger partial charge is 0.345 e. The molecular formula is C30H31BrN4O2. The fourth-order valence-electron chi connectivity index (χ4n) is 5.06. The molecule has 1 aromatic heterocycles. The van der Waals surface area contributed by atoms with E-state index in [0.717, 1.165) is 40.5 Å². The number of carbonyl (C=O) groups is 1. The molecular weight excluding hydrogens is 528 g/mol. The smallest absolute Gasteiger partial charge is 0.241 e. The van der Waals surface area contributed by atoms with Gasteiger partial charge >= 0.3 is 0 Å². The zero-order valence-corrected chi connectivity index (χ0v) is 22.7. The number of carbonyl (C=O) groups excluding carboxylic acids is 1. The fraction of sp³-hybridized carbons (Fsp3) is 0.300. The van der Waals surface area contributed by atoms with Crippen LogP contribution in [0.3, 0.4) is 0 Å². The van der Waals surface area contributed by atoms with Crippen LogP contribution in [0.2, 0.25) is 0 Å². The summed E-state index contributed by atoms with van der Waals surface area (Å²) in [4.78, 5) is 20.4. The van der Waals surface area contributed by atoms with Crippen molar-refractivity contribution in [2.75, 3.05) is 13.1 Å². The van der Waals surface area contributed by atoms with E-state index in [9.17, 15) is 4.79 Å². The number of likely N-dealkylation sites (tertiary alicyclic amines) is 1. The molecule has 1 amide bonds. The topological polar surface area (TPSA) is 71.3 Å². The minimum absolute atomic E-state index is 0.0823. The van der Waals surface area contributed by atoms with Gasteiger partial charge in [0.1, 0.15) is 0 Å². The van der Waals surface area contributed by atoms with Crippen LogP contribution in [0.1, 0.15) is 47.0 Å². The molecule has 37 heavy (non-hydrogen) atoms. The van der Waals surface area contributed by atoms with Gasteiger partial charge in [0.05, 0.1) is 18.5 Å². The van der Waals surface area contributed by atoms with Gasteiger partial charge in [0, 0.05) is 16.6 Å². The average Bonchev–Trinajstić information content (AvgIpc) is 3.37. The Labute approximate surface area is 226 Å². The molecule has 190 valence electrons. The van der Waals surface area contributed by atoms with Crippen molar-refractivity contribution in [3.63, 3.8) is 0 Å². The number of nitrogens with zero attached hydrogens (tertiary/aromatic N) is 3. The molecule has 0 saturated carbocycles. The van der Waals surface area contributed by atoms with E-state index in [1.807, 2.05) is 42.5 Å². The second-order valence-electron chi connectivity index (χ2n) is 9.81.